The zero-order chi connectivity index (χ0) is 17.8. The van der Waals surface area contributed by atoms with Crippen LogP contribution in [0.3, 0.4) is 0 Å². The third-order valence-corrected chi connectivity index (χ3v) is 5.50. The minimum atomic E-state index is -0.332. The molecule has 1 saturated carbocycles. The van der Waals surface area contributed by atoms with Crippen LogP contribution in [0.4, 0.5) is 4.39 Å². The summed E-state index contributed by atoms with van der Waals surface area (Å²) in [6.45, 7) is 3.79. The van der Waals surface area contributed by atoms with Gasteiger partial charge in [0, 0.05) is 45.2 Å². The summed E-state index contributed by atoms with van der Waals surface area (Å²) in [6.07, 6.45) is 3.86. The summed E-state index contributed by atoms with van der Waals surface area (Å²) in [5.41, 5.74) is 7.01. The van der Waals surface area contributed by atoms with Gasteiger partial charge in [-0.05, 0) is 36.5 Å². The fraction of sp³-hybridized carbons (Fsp3) is 0.632. The molecular weight excluding hydrogens is 392 g/mol. The summed E-state index contributed by atoms with van der Waals surface area (Å²) < 4.78 is 18.7. The molecular formula is C19H30Cl2FN3O2. The average molecular weight is 422 g/mol. The molecule has 1 heterocycles. The standard InChI is InChI=1S/C19H28FN3O2.2ClH/c1-25-18-6-5-14(11-16(18)20)13-22-7-9-23(10-8-22)19(24)12-15-3-2-4-17(15)21;;/h5-6,11,15,17H,2-4,7-10,12-13,21H2,1H3;2*1H/t15-,17+;;/m0../s1. The van der Waals surface area contributed by atoms with E-state index in [2.05, 4.69) is 4.90 Å². The molecule has 1 amide bonds. The summed E-state index contributed by atoms with van der Waals surface area (Å²) in [5, 5.41) is 0. The van der Waals surface area contributed by atoms with Gasteiger partial charge in [-0.25, -0.2) is 4.39 Å². The van der Waals surface area contributed by atoms with E-state index in [1.54, 1.807) is 6.07 Å². The largest absolute Gasteiger partial charge is 0.494 e. The third kappa shape index (κ3) is 6.21. The monoisotopic (exact) mass is 421 g/mol. The van der Waals surface area contributed by atoms with Crippen LogP contribution in [0, 0.1) is 11.7 Å². The van der Waals surface area contributed by atoms with Gasteiger partial charge in [0.15, 0.2) is 11.6 Å². The van der Waals surface area contributed by atoms with Gasteiger partial charge in [0.2, 0.25) is 5.91 Å². The van der Waals surface area contributed by atoms with Gasteiger partial charge >= 0.3 is 0 Å². The number of halogens is 3. The predicted octanol–water partition coefficient (Wildman–Crippen LogP) is 2.84. The maximum Gasteiger partial charge on any atom is 0.222 e. The van der Waals surface area contributed by atoms with E-state index in [0.29, 0.717) is 18.9 Å². The number of carbonyl (C=O) groups excluding carboxylic acids is 1. The number of carbonyl (C=O) groups is 1. The topological polar surface area (TPSA) is 58.8 Å². The fourth-order valence-electron chi connectivity index (χ4n) is 3.89. The van der Waals surface area contributed by atoms with Crippen LogP contribution < -0.4 is 10.5 Å². The number of hydrogen-bond acceptors (Lipinski definition) is 4. The lowest BCUT2D eigenvalue weighted by Gasteiger charge is -2.35. The third-order valence-electron chi connectivity index (χ3n) is 5.50. The number of rotatable bonds is 5. The van der Waals surface area contributed by atoms with Crippen LogP contribution in [0.15, 0.2) is 18.2 Å². The number of amides is 1. The van der Waals surface area contributed by atoms with Crippen molar-refractivity contribution in [2.45, 2.75) is 38.3 Å². The van der Waals surface area contributed by atoms with Crippen LogP contribution in [0.2, 0.25) is 0 Å². The number of piperazine rings is 1. The molecule has 2 atom stereocenters. The van der Waals surface area contributed by atoms with Crippen molar-refractivity contribution in [2.24, 2.45) is 11.7 Å². The molecule has 2 N–H and O–H groups in total. The van der Waals surface area contributed by atoms with Crippen molar-refractivity contribution in [3.8, 4) is 5.75 Å². The maximum atomic E-state index is 13.8. The Balaban J connectivity index is 0.00000182. The fourth-order valence-corrected chi connectivity index (χ4v) is 3.89. The maximum absolute atomic E-state index is 13.8. The molecule has 1 aliphatic carbocycles. The number of methoxy groups -OCH3 is 1. The zero-order valence-corrected chi connectivity index (χ0v) is 17.4. The summed E-state index contributed by atoms with van der Waals surface area (Å²) in [6, 6.07) is 5.27. The lowest BCUT2D eigenvalue weighted by molar-refractivity contribution is -0.134. The van der Waals surface area contributed by atoms with E-state index in [1.165, 1.54) is 13.2 Å². The molecule has 3 rings (SSSR count). The molecule has 1 saturated heterocycles. The molecule has 2 fully saturated rings. The Morgan fingerprint density at radius 2 is 1.93 bits per heavy atom. The molecule has 0 bridgehead atoms. The summed E-state index contributed by atoms with van der Waals surface area (Å²) >= 11 is 0. The number of benzene rings is 1. The molecule has 1 aromatic rings. The van der Waals surface area contributed by atoms with Gasteiger partial charge in [-0.15, -0.1) is 24.8 Å². The van der Waals surface area contributed by atoms with Crippen LogP contribution in [0.1, 0.15) is 31.2 Å². The Kier molecular flexibility index (Phi) is 9.81. The van der Waals surface area contributed by atoms with E-state index >= 15 is 0 Å². The summed E-state index contributed by atoms with van der Waals surface area (Å²) in [7, 11) is 1.47. The van der Waals surface area contributed by atoms with Crippen LogP contribution in [0.25, 0.3) is 0 Å². The van der Waals surface area contributed by atoms with Gasteiger partial charge < -0.3 is 15.4 Å². The van der Waals surface area contributed by atoms with Crippen molar-refractivity contribution in [1.29, 1.82) is 0 Å². The minimum absolute atomic E-state index is 0. The van der Waals surface area contributed by atoms with Crippen molar-refractivity contribution in [3.05, 3.63) is 29.6 Å². The molecule has 8 heteroatoms. The lowest BCUT2D eigenvalue weighted by atomic mass is 9.99. The van der Waals surface area contributed by atoms with E-state index in [4.69, 9.17) is 10.5 Å². The molecule has 0 unspecified atom stereocenters. The van der Waals surface area contributed by atoms with E-state index in [1.807, 2.05) is 11.0 Å². The number of nitrogens with two attached hydrogens (primary N) is 1. The highest BCUT2D eigenvalue weighted by Crippen LogP contribution is 2.27. The molecule has 1 aliphatic heterocycles. The second kappa shape index (κ2) is 11.1. The van der Waals surface area contributed by atoms with E-state index in [0.717, 1.165) is 51.0 Å². The second-order valence-electron chi connectivity index (χ2n) is 7.18. The first-order valence-corrected chi connectivity index (χ1v) is 9.15. The molecule has 27 heavy (non-hydrogen) atoms. The van der Waals surface area contributed by atoms with Crippen LogP contribution in [-0.2, 0) is 11.3 Å². The van der Waals surface area contributed by atoms with E-state index in [9.17, 15) is 9.18 Å². The molecule has 0 radical (unpaired) electrons. The lowest BCUT2D eigenvalue weighted by Crippen LogP contribution is -2.49. The molecule has 5 nitrogen and oxygen atoms in total. The Bertz CT molecular complexity index is 613. The van der Waals surface area contributed by atoms with Crippen LogP contribution in [0.5, 0.6) is 5.75 Å². The Morgan fingerprint density at radius 1 is 1.22 bits per heavy atom. The van der Waals surface area contributed by atoms with Gasteiger partial charge in [0.25, 0.3) is 0 Å². The number of nitrogens with zero attached hydrogens (tertiary/aromatic N) is 2. The first kappa shape index (κ1) is 24.0. The Labute approximate surface area is 173 Å². The van der Waals surface area contributed by atoms with Crippen molar-refractivity contribution >= 4 is 30.7 Å². The van der Waals surface area contributed by atoms with Gasteiger partial charge in [-0.1, -0.05) is 12.5 Å². The first-order valence-electron chi connectivity index (χ1n) is 9.15. The SMILES string of the molecule is COc1ccc(CN2CCN(C(=O)C[C@@H]3CCC[C@H]3N)CC2)cc1F.Cl.Cl. The quantitative estimate of drug-likeness (QED) is 0.793. The summed E-state index contributed by atoms with van der Waals surface area (Å²) in [5.74, 6) is 0.524. The number of ether oxygens (including phenoxy) is 1. The molecule has 2 aliphatic rings. The van der Waals surface area contributed by atoms with Crippen molar-refractivity contribution in [2.75, 3.05) is 33.3 Å². The normalized spacial score (nSPS) is 22.7. The van der Waals surface area contributed by atoms with Crippen molar-refractivity contribution in [1.82, 2.24) is 9.80 Å². The molecule has 154 valence electrons. The van der Waals surface area contributed by atoms with Gasteiger partial charge in [-0.3, -0.25) is 9.69 Å². The zero-order valence-electron chi connectivity index (χ0n) is 15.7. The first-order chi connectivity index (χ1) is 12.1. The van der Waals surface area contributed by atoms with Crippen LogP contribution >= 0.6 is 24.8 Å². The second-order valence-corrected chi connectivity index (χ2v) is 7.18. The highest BCUT2D eigenvalue weighted by molar-refractivity contribution is 5.85. The Hall–Kier alpha value is -1.08. The highest BCUT2D eigenvalue weighted by Gasteiger charge is 2.29. The highest BCUT2D eigenvalue weighted by atomic mass is 35.5. The minimum Gasteiger partial charge on any atom is -0.494 e. The van der Waals surface area contributed by atoms with E-state index < -0.39 is 0 Å². The number of hydrogen-bond donors (Lipinski definition) is 1. The van der Waals surface area contributed by atoms with Gasteiger partial charge in [0.1, 0.15) is 0 Å². The molecule has 1 aromatic carbocycles. The summed E-state index contributed by atoms with van der Waals surface area (Å²) in [4.78, 5) is 16.7. The van der Waals surface area contributed by atoms with E-state index in [-0.39, 0.29) is 48.3 Å². The average Bonchev–Trinajstić information content (AvgIpc) is 3.00. The van der Waals surface area contributed by atoms with Crippen LogP contribution in [-0.4, -0.2) is 55.0 Å². The predicted molar refractivity (Wildman–Crippen MR) is 109 cm³/mol. The molecule has 0 spiro atoms. The Morgan fingerprint density at radius 3 is 2.48 bits per heavy atom. The van der Waals surface area contributed by atoms with Gasteiger partial charge in [0.05, 0.1) is 7.11 Å². The van der Waals surface area contributed by atoms with Crippen molar-refractivity contribution < 1.29 is 13.9 Å². The van der Waals surface area contributed by atoms with Gasteiger partial charge in [-0.2, -0.15) is 0 Å². The van der Waals surface area contributed by atoms with Crippen molar-refractivity contribution in [3.63, 3.8) is 0 Å². The smallest absolute Gasteiger partial charge is 0.222 e. The molecule has 0 aromatic heterocycles.